The molecule has 0 aliphatic carbocycles. The summed E-state index contributed by atoms with van der Waals surface area (Å²) in [5.41, 5.74) is 2.59. The molecule has 0 saturated carbocycles. The van der Waals surface area contributed by atoms with Crippen LogP contribution in [-0.4, -0.2) is 60.1 Å². The van der Waals surface area contributed by atoms with Gasteiger partial charge in [-0.2, -0.15) is 0 Å². The standard InChI is InChI=1S/C21H23N3O4/c1-13-12-18(28-14(13)2)21(27)24-10-8-23(9-11-24)20(26)15-4-3-5-16-19(15)17(25)6-7-22-16/h3-5,12,22H,6-11H2,1-2H3. The van der Waals surface area contributed by atoms with Gasteiger partial charge in [-0.3, -0.25) is 14.4 Å². The lowest BCUT2D eigenvalue weighted by Gasteiger charge is -2.35. The SMILES string of the molecule is Cc1cc(C(=O)N2CCN(C(=O)c3cccc4c3C(=O)CCN4)CC2)oc1C. The van der Waals surface area contributed by atoms with Crippen LogP contribution in [0.2, 0.25) is 0 Å². The minimum absolute atomic E-state index is 0.00456. The Kier molecular flexibility index (Phi) is 4.66. The predicted octanol–water partition coefficient (Wildman–Crippen LogP) is 2.49. The molecule has 0 bridgehead atoms. The molecule has 4 rings (SSSR count). The molecule has 146 valence electrons. The second-order valence-corrected chi connectivity index (χ2v) is 7.26. The van der Waals surface area contributed by atoms with Crippen LogP contribution in [0, 0.1) is 13.8 Å². The zero-order valence-electron chi connectivity index (χ0n) is 16.1. The molecule has 0 spiro atoms. The average molecular weight is 381 g/mol. The Morgan fingerprint density at radius 3 is 2.36 bits per heavy atom. The first-order valence-corrected chi connectivity index (χ1v) is 9.51. The van der Waals surface area contributed by atoms with Gasteiger partial charge in [-0.25, -0.2) is 0 Å². The number of amides is 2. The number of nitrogens with zero attached hydrogens (tertiary/aromatic N) is 2. The number of carbonyl (C=O) groups is 3. The summed E-state index contributed by atoms with van der Waals surface area (Å²) in [6.45, 7) is 6.05. The molecular formula is C21H23N3O4. The number of ketones is 1. The minimum atomic E-state index is -0.161. The monoisotopic (exact) mass is 381 g/mol. The van der Waals surface area contributed by atoms with Crippen LogP contribution in [-0.2, 0) is 0 Å². The molecule has 2 aromatic rings. The maximum atomic E-state index is 13.0. The number of piperazine rings is 1. The Bertz CT molecular complexity index is 935. The molecule has 7 heteroatoms. The van der Waals surface area contributed by atoms with Gasteiger partial charge < -0.3 is 19.5 Å². The fourth-order valence-corrected chi connectivity index (χ4v) is 3.73. The van der Waals surface area contributed by atoms with Gasteiger partial charge in [0.15, 0.2) is 11.5 Å². The highest BCUT2D eigenvalue weighted by Crippen LogP contribution is 2.27. The highest BCUT2D eigenvalue weighted by molar-refractivity contribution is 6.12. The van der Waals surface area contributed by atoms with Crippen LogP contribution in [0.25, 0.3) is 0 Å². The molecule has 0 unspecified atom stereocenters. The zero-order chi connectivity index (χ0) is 19.8. The maximum absolute atomic E-state index is 13.0. The van der Waals surface area contributed by atoms with E-state index in [1.807, 2.05) is 19.9 Å². The number of rotatable bonds is 2. The topological polar surface area (TPSA) is 82.9 Å². The lowest BCUT2D eigenvalue weighted by Crippen LogP contribution is -2.50. The van der Waals surface area contributed by atoms with Gasteiger partial charge in [0, 0.05) is 44.8 Å². The molecule has 1 aromatic carbocycles. The quantitative estimate of drug-likeness (QED) is 0.864. The largest absolute Gasteiger partial charge is 0.456 e. The Balaban J connectivity index is 1.46. The number of carbonyl (C=O) groups excluding carboxylic acids is 3. The summed E-state index contributed by atoms with van der Waals surface area (Å²) in [7, 11) is 0. The number of Topliss-reactive ketones (excluding diaryl/α,β-unsaturated/α-hetero) is 1. The van der Waals surface area contributed by atoms with Gasteiger partial charge in [0.05, 0.1) is 11.1 Å². The van der Waals surface area contributed by atoms with Gasteiger partial charge in [-0.05, 0) is 37.6 Å². The summed E-state index contributed by atoms with van der Waals surface area (Å²) >= 11 is 0. The van der Waals surface area contributed by atoms with Crippen LogP contribution in [0.5, 0.6) is 0 Å². The Labute approximate surface area is 163 Å². The predicted molar refractivity (Wildman–Crippen MR) is 104 cm³/mol. The number of anilines is 1. The van der Waals surface area contributed by atoms with E-state index < -0.39 is 0 Å². The Hall–Kier alpha value is -3.09. The molecule has 2 amide bonds. The molecule has 1 N–H and O–H groups in total. The maximum Gasteiger partial charge on any atom is 0.289 e. The number of furan rings is 1. The van der Waals surface area contributed by atoms with Crippen LogP contribution in [0.1, 0.15) is 49.0 Å². The Morgan fingerprint density at radius 1 is 1.04 bits per heavy atom. The van der Waals surface area contributed by atoms with E-state index >= 15 is 0 Å². The van der Waals surface area contributed by atoms with Crippen LogP contribution >= 0.6 is 0 Å². The molecule has 0 radical (unpaired) electrons. The van der Waals surface area contributed by atoms with E-state index in [1.54, 1.807) is 28.0 Å². The van der Waals surface area contributed by atoms with Crippen molar-refractivity contribution in [3.05, 3.63) is 52.5 Å². The van der Waals surface area contributed by atoms with Gasteiger partial charge in [-0.15, -0.1) is 0 Å². The summed E-state index contributed by atoms with van der Waals surface area (Å²) in [5.74, 6) is 0.758. The van der Waals surface area contributed by atoms with Crippen LogP contribution in [0.3, 0.4) is 0 Å². The van der Waals surface area contributed by atoms with Gasteiger partial charge in [0.2, 0.25) is 0 Å². The fourth-order valence-electron chi connectivity index (χ4n) is 3.73. The van der Waals surface area contributed by atoms with Gasteiger partial charge >= 0.3 is 0 Å². The zero-order valence-corrected chi connectivity index (χ0v) is 16.1. The van der Waals surface area contributed by atoms with Crippen molar-refractivity contribution in [2.75, 3.05) is 38.0 Å². The molecule has 2 aliphatic rings. The number of hydrogen-bond donors (Lipinski definition) is 1. The third-order valence-corrected chi connectivity index (χ3v) is 5.47. The molecule has 7 nitrogen and oxygen atoms in total. The normalized spacial score (nSPS) is 16.6. The molecule has 28 heavy (non-hydrogen) atoms. The second kappa shape index (κ2) is 7.14. The van der Waals surface area contributed by atoms with E-state index in [1.165, 1.54) is 0 Å². The van der Waals surface area contributed by atoms with E-state index in [4.69, 9.17) is 4.42 Å². The average Bonchev–Trinajstić information content (AvgIpc) is 3.05. The molecule has 1 saturated heterocycles. The van der Waals surface area contributed by atoms with Crippen molar-refractivity contribution in [3.63, 3.8) is 0 Å². The molecule has 2 aliphatic heterocycles. The fraction of sp³-hybridized carbons (Fsp3) is 0.381. The van der Waals surface area contributed by atoms with Crippen molar-refractivity contribution in [1.82, 2.24) is 9.80 Å². The summed E-state index contributed by atoms with van der Waals surface area (Å²) in [6.07, 6.45) is 0.390. The first-order valence-electron chi connectivity index (χ1n) is 9.51. The number of aryl methyl sites for hydroxylation is 2. The minimum Gasteiger partial charge on any atom is -0.456 e. The van der Waals surface area contributed by atoms with Crippen LogP contribution in [0.15, 0.2) is 28.7 Å². The van der Waals surface area contributed by atoms with Gasteiger partial charge in [0.1, 0.15) is 5.76 Å². The lowest BCUT2D eigenvalue weighted by molar-refractivity contribution is 0.0516. The van der Waals surface area contributed by atoms with Crippen molar-refractivity contribution in [3.8, 4) is 0 Å². The molecular weight excluding hydrogens is 358 g/mol. The Morgan fingerprint density at radius 2 is 1.71 bits per heavy atom. The van der Waals surface area contributed by atoms with E-state index in [9.17, 15) is 14.4 Å². The van der Waals surface area contributed by atoms with E-state index in [0.29, 0.717) is 56.0 Å². The van der Waals surface area contributed by atoms with Crippen molar-refractivity contribution in [1.29, 1.82) is 0 Å². The van der Waals surface area contributed by atoms with Crippen LogP contribution in [0.4, 0.5) is 5.69 Å². The smallest absolute Gasteiger partial charge is 0.289 e. The molecule has 0 atom stereocenters. The van der Waals surface area contributed by atoms with Gasteiger partial charge in [0.25, 0.3) is 11.8 Å². The summed E-state index contributed by atoms with van der Waals surface area (Å²) < 4.78 is 5.53. The van der Waals surface area contributed by atoms with Crippen molar-refractivity contribution in [2.45, 2.75) is 20.3 Å². The van der Waals surface area contributed by atoms with Crippen LogP contribution < -0.4 is 5.32 Å². The highest BCUT2D eigenvalue weighted by Gasteiger charge is 2.30. The third-order valence-electron chi connectivity index (χ3n) is 5.47. The molecule has 3 heterocycles. The molecule has 1 fully saturated rings. The number of hydrogen-bond acceptors (Lipinski definition) is 5. The first kappa shape index (κ1) is 18.3. The lowest BCUT2D eigenvalue weighted by atomic mass is 9.95. The number of fused-ring (bicyclic) bond motifs is 1. The van der Waals surface area contributed by atoms with Crippen molar-refractivity contribution in [2.24, 2.45) is 0 Å². The number of nitrogens with one attached hydrogen (secondary N) is 1. The second-order valence-electron chi connectivity index (χ2n) is 7.26. The summed E-state index contributed by atoms with van der Waals surface area (Å²) in [6, 6.07) is 7.08. The van der Waals surface area contributed by atoms with Crippen molar-refractivity contribution >= 4 is 23.3 Å². The van der Waals surface area contributed by atoms with Crippen molar-refractivity contribution < 1.29 is 18.8 Å². The summed E-state index contributed by atoms with van der Waals surface area (Å²) in [5, 5.41) is 3.18. The highest BCUT2D eigenvalue weighted by atomic mass is 16.4. The van der Waals surface area contributed by atoms with E-state index in [0.717, 1.165) is 17.0 Å². The first-order chi connectivity index (χ1) is 13.5. The molecule has 1 aromatic heterocycles. The number of benzene rings is 1. The third kappa shape index (κ3) is 3.17. The summed E-state index contributed by atoms with van der Waals surface area (Å²) in [4.78, 5) is 41.4. The van der Waals surface area contributed by atoms with E-state index in [2.05, 4.69) is 5.32 Å². The van der Waals surface area contributed by atoms with E-state index in [-0.39, 0.29) is 17.6 Å². The van der Waals surface area contributed by atoms with Gasteiger partial charge in [-0.1, -0.05) is 6.07 Å².